The zero-order chi connectivity index (χ0) is 21.4. The molecule has 0 N–H and O–H groups in total. The molecule has 0 saturated carbocycles. The van der Waals surface area contributed by atoms with E-state index in [4.69, 9.17) is 4.98 Å². The van der Waals surface area contributed by atoms with E-state index in [0.29, 0.717) is 5.56 Å². The topological polar surface area (TPSA) is 38.1 Å². The average Bonchev–Trinajstić information content (AvgIpc) is 3.30. The summed E-state index contributed by atoms with van der Waals surface area (Å²) in [7, 11) is 2.14. The quantitative estimate of drug-likeness (QED) is 0.421. The van der Waals surface area contributed by atoms with Crippen molar-refractivity contribution in [2.24, 2.45) is 0 Å². The number of para-hydroxylation sites is 1. The zero-order valence-corrected chi connectivity index (χ0v) is 17.8. The van der Waals surface area contributed by atoms with Crippen molar-refractivity contribution < 1.29 is 4.79 Å². The molecule has 0 amide bonds. The molecule has 6 rings (SSSR count). The van der Waals surface area contributed by atoms with E-state index in [0.717, 1.165) is 22.3 Å². The van der Waals surface area contributed by atoms with Gasteiger partial charge in [0.1, 0.15) is 5.66 Å². The van der Waals surface area contributed by atoms with Gasteiger partial charge in [0, 0.05) is 34.8 Å². The van der Waals surface area contributed by atoms with Crippen LogP contribution in [-0.2, 0) is 11.1 Å². The van der Waals surface area contributed by atoms with Gasteiger partial charge in [0.15, 0.2) is 5.78 Å². The minimum Gasteiger partial charge on any atom is -0.347 e. The molecule has 2 aliphatic rings. The summed E-state index contributed by atoms with van der Waals surface area (Å²) in [5, 5.41) is 0. The minimum absolute atomic E-state index is 0.0531. The fourth-order valence-electron chi connectivity index (χ4n) is 5.58. The van der Waals surface area contributed by atoms with Crippen molar-refractivity contribution in [1.82, 2.24) is 9.55 Å². The van der Waals surface area contributed by atoms with Crippen molar-refractivity contribution in [3.8, 4) is 0 Å². The van der Waals surface area contributed by atoms with E-state index in [2.05, 4.69) is 72.8 Å². The van der Waals surface area contributed by atoms with Crippen LogP contribution in [0.3, 0.4) is 0 Å². The largest absolute Gasteiger partial charge is 0.347 e. The third-order valence-electron chi connectivity index (χ3n) is 7.22. The van der Waals surface area contributed by atoms with E-state index in [-0.39, 0.29) is 11.2 Å². The molecule has 0 fully saturated rings. The first kappa shape index (κ1) is 18.1. The summed E-state index contributed by atoms with van der Waals surface area (Å²) in [5.74, 6) is 0.0531. The van der Waals surface area contributed by atoms with Gasteiger partial charge in [-0.2, -0.15) is 0 Å². The van der Waals surface area contributed by atoms with E-state index in [1.807, 2.05) is 42.7 Å². The summed E-state index contributed by atoms with van der Waals surface area (Å²) in [5.41, 5.74) is 6.35. The fraction of sp³-hybridized carbons (Fsp3) is 0.185. The maximum absolute atomic E-state index is 13.1. The van der Waals surface area contributed by atoms with Crippen molar-refractivity contribution in [1.29, 1.82) is 0 Å². The number of imidazole rings is 1. The van der Waals surface area contributed by atoms with Gasteiger partial charge in [-0.15, -0.1) is 0 Å². The monoisotopic (exact) mass is 405 g/mol. The smallest absolute Gasteiger partial charge is 0.193 e. The Labute approximate surface area is 181 Å². The van der Waals surface area contributed by atoms with Crippen LogP contribution < -0.4 is 4.90 Å². The highest BCUT2D eigenvalue weighted by Gasteiger charge is 2.57. The number of ketones is 1. The van der Waals surface area contributed by atoms with Crippen LogP contribution in [-0.4, -0.2) is 22.4 Å². The van der Waals surface area contributed by atoms with E-state index >= 15 is 0 Å². The molecule has 2 aliphatic heterocycles. The second-order valence-corrected chi connectivity index (χ2v) is 9.00. The summed E-state index contributed by atoms with van der Waals surface area (Å²) >= 11 is 0. The summed E-state index contributed by atoms with van der Waals surface area (Å²) in [6.07, 6.45) is 6.46. The number of carbonyl (C=O) groups excluding carboxylic acids is 1. The third-order valence-corrected chi connectivity index (χ3v) is 7.22. The number of rotatable bonds is 2. The van der Waals surface area contributed by atoms with Crippen molar-refractivity contribution in [2.45, 2.75) is 24.9 Å². The van der Waals surface area contributed by atoms with Gasteiger partial charge < -0.3 is 9.47 Å². The van der Waals surface area contributed by atoms with Gasteiger partial charge >= 0.3 is 0 Å². The van der Waals surface area contributed by atoms with Gasteiger partial charge in [-0.3, -0.25) is 4.79 Å². The Morgan fingerprint density at radius 2 is 1.74 bits per heavy atom. The molecular formula is C27H23N3O. The number of hydrogen-bond donors (Lipinski definition) is 0. The maximum atomic E-state index is 13.1. The first-order valence-corrected chi connectivity index (χ1v) is 10.6. The van der Waals surface area contributed by atoms with Crippen molar-refractivity contribution in [3.63, 3.8) is 0 Å². The van der Waals surface area contributed by atoms with Gasteiger partial charge in [0.05, 0.1) is 17.4 Å². The van der Waals surface area contributed by atoms with Gasteiger partial charge in [-0.25, -0.2) is 4.98 Å². The van der Waals surface area contributed by atoms with Crippen LogP contribution in [0, 0.1) is 0 Å². The van der Waals surface area contributed by atoms with E-state index in [9.17, 15) is 4.79 Å². The van der Waals surface area contributed by atoms with E-state index < -0.39 is 5.66 Å². The van der Waals surface area contributed by atoms with Gasteiger partial charge in [0.2, 0.25) is 0 Å². The molecule has 4 heteroatoms. The van der Waals surface area contributed by atoms with Crippen molar-refractivity contribution >= 4 is 28.6 Å². The Morgan fingerprint density at radius 1 is 0.935 bits per heavy atom. The van der Waals surface area contributed by atoms with Crippen LogP contribution in [0.15, 0.2) is 79.1 Å². The number of hydrogen-bond acceptors (Lipinski definition) is 3. The molecule has 0 aliphatic carbocycles. The summed E-state index contributed by atoms with van der Waals surface area (Å²) < 4.78 is 2.30. The highest BCUT2D eigenvalue weighted by Crippen LogP contribution is 2.56. The molecule has 1 atom stereocenters. The van der Waals surface area contributed by atoms with Crippen LogP contribution in [0.2, 0.25) is 0 Å². The Morgan fingerprint density at radius 3 is 2.55 bits per heavy atom. The van der Waals surface area contributed by atoms with Crippen LogP contribution in [0.25, 0.3) is 17.1 Å². The molecule has 4 aromatic rings. The van der Waals surface area contributed by atoms with Crippen LogP contribution in [0.4, 0.5) is 5.69 Å². The number of fused-ring (bicyclic) bond motifs is 2. The molecule has 31 heavy (non-hydrogen) atoms. The van der Waals surface area contributed by atoms with Crippen LogP contribution in [0.1, 0.15) is 40.9 Å². The lowest BCUT2D eigenvalue weighted by molar-refractivity contribution is 0.103. The van der Waals surface area contributed by atoms with Crippen LogP contribution >= 0.6 is 0 Å². The fourth-order valence-corrected chi connectivity index (χ4v) is 5.58. The number of benzene rings is 3. The molecule has 1 aromatic heterocycles. The first-order chi connectivity index (χ1) is 14.9. The van der Waals surface area contributed by atoms with Crippen molar-refractivity contribution in [3.05, 3.63) is 101 Å². The number of aromatic nitrogens is 2. The second kappa shape index (κ2) is 5.94. The normalized spacial score (nSPS) is 20.4. The van der Waals surface area contributed by atoms with E-state index in [1.165, 1.54) is 11.1 Å². The summed E-state index contributed by atoms with van der Waals surface area (Å²) in [6.45, 7) is 4.52. The predicted octanol–water partition coefficient (Wildman–Crippen LogP) is 5.37. The highest BCUT2D eigenvalue weighted by atomic mass is 16.1. The molecule has 3 aromatic carbocycles. The van der Waals surface area contributed by atoms with E-state index in [1.54, 1.807) is 0 Å². The minimum atomic E-state index is -0.438. The molecule has 1 spiro atoms. The molecular weight excluding hydrogens is 382 g/mol. The molecule has 0 saturated heterocycles. The second-order valence-electron chi connectivity index (χ2n) is 9.00. The average molecular weight is 406 g/mol. The molecule has 0 radical (unpaired) electrons. The number of carbonyl (C=O) groups is 1. The molecule has 1 unspecified atom stereocenters. The lowest BCUT2D eigenvalue weighted by Gasteiger charge is -2.47. The lowest BCUT2D eigenvalue weighted by Crippen LogP contribution is -2.55. The maximum Gasteiger partial charge on any atom is 0.193 e. The molecule has 3 heterocycles. The molecule has 0 bridgehead atoms. The van der Waals surface area contributed by atoms with Crippen molar-refractivity contribution in [2.75, 3.05) is 11.9 Å². The number of nitrogens with zero attached hydrogens (tertiary/aromatic N) is 3. The predicted molar refractivity (Wildman–Crippen MR) is 124 cm³/mol. The highest BCUT2D eigenvalue weighted by molar-refractivity contribution is 6.09. The third kappa shape index (κ3) is 2.14. The Kier molecular flexibility index (Phi) is 3.48. The summed E-state index contributed by atoms with van der Waals surface area (Å²) in [4.78, 5) is 20.2. The Hall–Kier alpha value is -3.66. The lowest BCUT2D eigenvalue weighted by atomic mass is 9.73. The van der Waals surface area contributed by atoms with Crippen LogP contribution in [0.5, 0.6) is 0 Å². The Bertz CT molecular complexity index is 1400. The number of anilines is 1. The zero-order valence-electron chi connectivity index (χ0n) is 17.8. The standard InChI is InChI=1S/C27H23N3O/c1-26(2)21-16-20(25(31)19-8-5-4-6-9-19)12-13-23(21)29(3)27(26)15-14-18-10-7-11-22-24(18)30(27)17-28-22/h4-17H,1-3H3. The van der Waals surface area contributed by atoms with Gasteiger partial charge in [0.25, 0.3) is 0 Å². The van der Waals surface area contributed by atoms with Gasteiger partial charge in [-0.05, 0) is 35.9 Å². The summed E-state index contributed by atoms with van der Waals surface area (Å²) in [6, 6.07) is 21.9. The number of likely N-dealkylation sites (N-methyl/N-ethyl adjacent to an activating group) is 1. The SMILES string of the molecule is CN1c2ccc(C(=O)c3ccccc3)cc2C(C)(C)C12C=Cc1cccc3ncn2c13. The Balaban J connectivity index is 1.54. The first-order valence-electron chi connectivity index (χ1n) is 10.6. The molecule has 4 nitrogen and oxygen atoms in total. The molecule has 152 valence electrons. The van der Waals surface area contributed by atoms with Gasteiger partial charge in [-0.1, -0.05) is 62.4 Å².